The predicted molar refractivity (Wildman–Crippen MR) is 213 cm³/mol. The maximum atomic E-state index is 13.0. The lowest BCUT2D eigenvalue weighted by atomic mass is 10.1. The van der Waals surface area contributed by atoms with Crippen molar-refractivity contribution in [2.45, 2.75) is 39.7 Å². The van der Waals surface area contributed by atoms with Crippen LogP contribution in [0.1, 0.15) is 36.1 Å². The van der Waals surface area contributed by atoms with Crippen molar-refractivity contribution in [3.8, 4) is 28.9 Å². The van der Waals surface area contributed by atoms with Gasteiger partial charge in [0.15, 0.2) is 0 Å². The number of nitrogens with zero attached hydrogens (tertiary/aromatic N) is 3. The molecule has 5 aromatic rings. The van der Waals surface area contributed by atoms with Gasteiger partial charge in [0, 0.05) is 55.5 Å². The van der Waals surface area contributed by atoms with Crippen LogP contribution in [0.15, 0.2) is 115 Å². The van der Waals surface area contributed by atoms with Crippen molar-refractivity contribution >= 4 is 47.6 Å². The topological polar surface area (TPSA) is 73.4 Å². The summed E-state index contributed by atoms with van der Waals surface area (Å²) in [4.78, 5) is 21.6. The Morgan fingerprint density at radius 3 is 2.13 bits per heavy atom. The van der Waals surface area contributed by atoms with Gasteiger partial charge in [0.05, 0.1) is 17.3 Å². The zero-order valence-electron chi connectivity index (χ0n) is 29.6. The van der Waals surface area contributed by atoms with E-state index in [0.717, 1.165) is 47.8 Å². The first-order valence-corrected chi connectivity index (χ1v) is 18.0. The molecule has 0 unspecified atom stereocenters. The van der Waals surface area contributed by atoms with Crippen LogP contribution in [0.3, 0.4) is 0 Å². The van der Waals surface area contributed by atoms with Gasteiger partial charge in [0.25, 0.3) is 0 Å². The van der Waals surface area contributed by atoms with Gasteiger partial charge in [0.1, 0.15) is 36.2 Å². The van der Waals surface area contributed by atoms with E-state index in [0.29, 0.717) is 53.7 Å². The van der Waals surface area contributed by atoms with Crippen molar-refractivity contribution in [1.29, 1.82) is 0 Å². The van der Waals surface area contributed by atoms with E-state index in [9.17, 15) is 4.79 Å². The number of benzene rings is 4. The van der Waals surface area contributed by atoms with Gasteiger partial charge in [-0.05, 0) is 85.1 Å². The summed E-state index contributed by atoms with van der Waals surface area (Å²) in [7, 11) is 0. The zero-order chi connectivity index (χ0) is 36.3. The molecule has 1 aliphatic rings. The molecule has 0 atom stereocenters. The Hall–Kier alpha value is -4.73. The van der Waals surface area contributed by atoms with E-state index in [1.54, 1.807) is 42.6 Å². The first kappa shape index (κ1) is 39.5. The average molecular weight is 775 g/mol. The van der Waals surface area contributed by atoms with E-state index in [-0.39, 0.29) is 24.4 Å². The Morgan fingerprint density at radius 1 is 0.774 bits per heavy atom. The number of amides is 1. The van der Waals surface area contributed by atoms with Crippen molar-refractivity contribution in [3.05, 3.63) is 148 Å². The van der Waals surface area contributed by atoms with Crippen LogP contribution < -0.4 is 18.9 Å². The van der Waals surface area contributed by atoms with Crippen molar-refractivity contribution in [1.82, 2.24) is 14.8 Å². The molecule has 8 nitrogen and oxygen atoms in total. The third-order valence-electron chi connectivity index (χ3n) is 8.36. The lowest BCUT2D eigenvalue weighted by Crippen LogP contribution is -2.47. The molecule has 1 saturated heterocycles. The fraction of sp³-hybridized carbons (Fsp3) is 0.238. The van der Waals surface area contributed by atoms with Crippen molar-refractivity contribution in [2.24, 2.45) is 0 Å². The van der Waals surface area contributed by atoms with Gasteiger partial charge < -0.3 is 23.8 Å². The second kappa shape index (κ2) is 19.4. The minimum absolute atomic E-state index is 0. The Morgan fingerprint density at radius 2 is 1.45 bits per heavy atom. The summed E-state index contributed by atoms with van der Waals surface area (Å²) in [5.41, 5.74) is 4.02. The number of piperazine rings is 1. The van der Waals surface area contributed by atoms with E-state index >= 15 is 0 Å². The molecule has 2 heterocycles. The van der Waals surface area contributed by atoms with Crippen LogP contribution in [0.2, 0.25) is 10.0 Å². The lowest BCUT2D eigenvalue weighted by Gasteiger charge is -2.34. The quantitative estimate of drug-likeness (QED) is 0.104. The Labute approximate surface area is 327 Å². The van der Waals surface area contributed by atoms with Gasteiger partial charge in [-0.25, -0.2) is 4.98 Å². The number of ether oxygens (including phenoxy) is 4. The first-order chi connectivity index (χ1) is 25.3. The van der Waals surface area contributed by atoms with Gasteiger partial charge in [-0.1, -0.05) is 71.7 Å². The molecule has 0 N–H and O–H groups in total. The molecule has 53 heavy (non-hydrogen) atoms. The number of carbonyl (C=O) groups is 1. The predicted octanol–water partition coefficient (Wildman–Crippen LogP) is 9.91. The van der Waals surface area contributed by atoms with Crippen LogP contribution in [0.4, 0.5) is 0 Å². The Balaban J connectivity index is 0.00000541. The lowest BCUT2D eigenvalue weighted by molar-refractivity contribution is -0.127. The maximum absolute atomic E-state index is 13.0. The number of hydrogen-bond acceptors (Lipinski definition) is 7. The molecule has 1 fully saturated rings. The average Bonchev–Trinajstić information content (AvgIpc) is 3.15. The number of carbonyl (C=O) groups excluding carboxylic acids is 1. The number of aromatic nitrogens is 1. The first-order valence-electron chi connectivity index (χ1n) is 17.2. The molecule has 1 aromatic heterocycles. The van der Waals surface area contributed by atoms with Crippen LogP contribution in [0, 0.1) is 0 Å². The molecule has 11 heteroatoms. The van der Waals surface area contributed by atoms with Gasteiger partial charge in [0.2, 0.25) is 11.8 Å². The molecule has 0 radical (unpaired) electrons. The second-order valence-electron chi connectivity index (χ2n) is 12.7. The normalized spacial score (nSPS) is 13.1. The number of hydrogen-bond donors (Lipinski definition) is 0. The minimum atomic E-state index is -0.0245. The summed E-state index contributed by atoms with van der Waals surface area (Å²) >= 11 is 12.7. The van der Waals surface area contributed by atoms with E-state index in [1.165, 1.54) is 5.56 Å². The molecular formula is C42H42Cl3N3O5. The van der Waals surface area contributed by atoms with Gasteiger partial charge in [-0.2, -0.15) is 0 Å². The fourth-order valence-corrected chi connectivity index (χ4v) is 5.97. The van der Waals surface area contributed by atoms with Crippen molar-refractivity contribution in [3.63, 3.8) is 0 Å². The number of halogens is 3. The number of pyridine rings is 1. The highest BCUT2D eigenvalue weighted by atomic mass is 35.5. The van der Waals surface area contributed by atoms with Crippen molar-refractivity contribution < 1.29 is 23.7 Å². The molecule has 0 saturated carbocycles. The second-order valence-corrected chi connectivity index (χ2v) is 13.5. The molecule has 0 aliphatic carbocycles. The summed E-state index contributed by atoms with van der Waals surface area (Å²) in [6.45, 7) is 8.63. The highest BCUT2D eigenvalue weighted by Crippen LogP contribution is 2.30. The van der Waals surface area contributed by atoms with Crippen LogP contribution in [0.25, 0.3) is 6.08 Å². The minimum Gasteiger partial charge on any atom is -0.491 e. The smallest absolute Gasteiger partial charge is 0.246 e. The third-order valence-corrected chi connectivity index (χ3v) is 9.03. The molecule has 6 rings (SSSR count). The third kappa shape index (κ3) is 11.9. The van der Waals surface area contributed by atoms with Crippen LogP contribution in [-0.2, 0) is 24.6 Å². The zero-order valence-corrected chi connectivity index (χ0v) is 31.9. The summed E-state index contributed by atoms with van der Waals surface area (Å²) < 4.78 is 23.3. The van der Waals surface area contributed by atoms with E-state index < -0.39 is 0 Å². The van der Waals surface area contributed by atoms with Crippen molar-refractivity contribution in [2.75, 3.05) is 26.2 Å². The Bertz CT molecular complexity index is 1950. The summed E-state index contributed by atoms with van der Waals surface area (Å²) in [6.07, 6.45) is 5.10. The number of rotatable bonds is 14. The van der Waals surface area contributed by atoms with Crippen LogP contribution in [0.5, 0.6) is 28.9 Å². The molecule has 1 aliphatic heterocycles. The maximum Gasteiger partial charge on any atom is 0.246 e. The van der Waals surface area contributed by atoms with E-state index in [2.05, 4.69) is 34.1 Å². The molecule has 4 aromatic carbocycles. The largest absolute Gasteiger partial charge is 0.491 e. The SMILES string of the molecule is CC(C)Oc1ccc(OCc2ccc(CN3CCN(C(=O)C=Cc4ccc(Oc5ccc(OCc6ccccc6Cl)cn5)c(Cl)c4)CC3)cc2)cc1.Cl. The highest BCUT2D eigenvalue weighted by molar-refractivity contribution is 6.32. The molecule has 276 valence electrons. The molecular weight excluding hydrogens is 733 g/mol. The van der Waals surface area contributed by atoms with Gasteiger partial charge >= 0.3 is 0 Å². The molecule has 0 spiro atoms. The summed E-state index contributed by atoms with van der Waals surface area (Å²) in [6, 6.07) is 32.6. The van der Waals surface area contributed by atoms with Crippen LogP contribution >= 0.6 is 35.6 Å². The molecule has 0 bridgehead atoms. The standard InChI is InChI=1S/C42H41Cl2N3O5.ClH/c1-30(2)51-36-15-13-35(14-16-36)49-28-33-9-7-32(8-10-33)27-46-21-23-47(24-22-46)42(48)20-12-31-11-18-40(39(44)25-31)52-41-19-17-37(26-45-41)50-29-34-5-3-4-6-38(34)43;/h3-20,25-26,30H,21-24,27-29H2,1-2H3;1H. The Kier molecular flexibility index (Phi) is 14.4. The monoisotopic (exact) mass is 773 g/mol. The van der Waals surface area contributed by atoms with E-state index in [4.69, 9.17) is 42.1 Å². The summed E-state index contributed by atoms with van der Waals surface area (Å²) in [5.74, 6) is 3.05. The molecule has 1 amide bonds. The van der Waals surface area contributed by atoms with Crippen LogP contribution in [-0.4, -0.2) is 53.0 Å². The van der Waals surface area contributed by atoms with Gasteiger partial charge in [-0.3, -0.25) is 9.69 Å². The fourth-order valence-electron chi connectivity index (χ4n) is 5.56. The van der Waals surface area contributed by atoms with E-state index in [1.807, 2.05) is 73.3 Å². The van der Waals surface area contributed by atoms with Gasteiger partial charge in [-0.15, -0.1) is 12.4 Å². The summed E-state index contributed by atoms with van der Waals surface area (Å²) in [5, 5.41) is 1.06. The highest BCUT2D eigenvalue weighted by Gasteiger charge is 2.20.